The minimum Gasteiger partial charge on any atom is -0.396 e. The van der Waals surface area contributed by atoms with E-state index in [1.165, 1.54) is 24.0 Å². The van der Waals surface area contributed by atoms with E-state index >= 15 is 0 Å². The quantitative estimate of drug-likeness (QED) is 0.684. The normalized spacial score (nSPS) is 14.8. The van der Waals surface area contributed by atoms with Crippen molar-refractivity contribution >= 4 is 11.7 Å². The Bertz CT molecular complexity index is 568. The van der Waals surface area contributed by atoms with Gasteiger partial charge in [0.2, 0.25) is 5.91 Å². The number of amides is 1. The van der Waals surface area contributed by atoms with E-state index < -0.39 is 0 Å². The monoisotopic (exact) mass is 331 g/mol. The van der Waals surface area contributed by atoms with Crippen molar-refractivity contribution < 1.29 is 14.7 Å². The fourth-order valence-corrected chi connectivity index (χ4v) is 3.19. The molecule has 1 atom stereocenters. The highest BCUT2D eigenvalue weighted by atomic mass is 16.3. The number of benzene rings is 1. The number of nitrogens with one attached hydrogen (secondary N) is 1. The summed E-state index contributed by atoms with van der Waals surface area (Å²) in [6, 6.07) is 6.00. The lowest BCUT2D eigenvalue weighted by atomic mass is 9.89. The summed E-state index contributed by atoms with van der Waals surface area (Å²) in [5.74, 6) is 0.372. The largest absolute Gasteiger partial charge is 0.396 e. The predicted molar refractivity (Wildman–Crippen MR) is 95.1 cm³/mol. The number of carbonyl (C=O) groups is 2. The maximum atomic E-state index is 12.3. The number of rotatable bonds is 9. The molecule has 0 aromatic heterocycles. The molecule has 1 unspecified atom stereocenters. The standard InChI is InChI=1S/C20H29NO3/c1-15(11-13-22)10-12-21-20(24)9-8-19(23)18-7-6-16-4-2-3-5-17(16)14-18/h6-7,14-15,22H,2-5,8-13H2,1H3,(H,21,24). The molecular formula is C20H29NO3. The van der Waals surface area contributed by atoms with Crippen molar-refractivity contribution in [1.82, 2.24) is 5.32 Å². The van der Waals surface area contributed by atoms with Crippen molar-refractivity contribution in [2.75, 3.05) is 13.2 Å². The summed E-state index contributed by atoms with van der Waals surface area (Å²) in [7, 11) is 0. The van der Waals surface area contributed by atoms with Crippen LogP contribution in [0.5, 0.6) is 0 Å². The van der Waals surface area contributed by atoms with Gasteiger partial charge in [-0.15, -0.1) is 0 Å². The third kappa shape index (κ3) is 5.75. The van der Waals surface area contributed by atoms with Crippen molar-refractivity contribution in [2.45, 2.75) is 58.3 Å². The summed E-state index contributed by atoms with van der Waals surface area (Å²) >= 11 is 0. The second-order valence-corrected chi connectivity index (χ2v) is 6.87. The van der Waals surface area contributed by atoms with E-state index in [0.29, 0.717) is 12.5 Å². The van der Waals surface area contributed by atoms with Crippen LogP contribution in [0.4, 0.5) is 0 Å². The molecule has 0 saturated carbocycles. The van der Waals surface area contributed by atoms with Crippen molar-refractivity contribution in [3.63, 3.8) is 0 Å². The van der Waals surface area contributed by atoms with Crippen LogP contribution in [-0.2, 0) is 17.6 Å². The van der Waals surface area contributed by atoms with Crippen LogP contribution in [0.25, 0.3) is 0 Å². The summed E-state index contributed by atoms with van der Waals surface area (Å²) in [6.45, 7) is 2.85. The van der Waals surface area contributed by atoms with E-state index in [2.05, 4.69) is 18.3 Å². The van der Waals surface area contributed by atoms with Gasteiger partial charge in [0, 0.05) is 31.6 Å². The van der Waals surface area contributed by atoms with Crippen molar-refractivity contribution in [3.05, 3.63) is 34.9 Å². The molecule has 0 saturated heterocycles. The molecule has 24 heavy (non-hydrogen) atoms. The van der Waals surface area contributed by atoms with Gasteiger partial charge in [0.1, 0.15) is 0 Å². The first kappa shape index (κ1) is 18.7. The van der Waals surface area contributed by atoms with Crippen LogP contribution in [0.2, 0.25) is 0 Å². The topological polar surface area (TPSA) is 66.4 Å². The molecule has 0 heterocycles. The number of aliphatic hydroxyl groups excluding tert-OH is 1. The maximum Gasteiger partial charge on any atom is 0.220 e. The van der Waals surface area contributed by atoms with Crippen LogP contribution in [0.15, 0.2) is 18.2 Å². The molecule has 4 heteroatoms. The molecule has 1 amide bonds. The van der Waals surface area contributed by atoms with Crippen molar-refractivity contribution in [1.29, 1.82) is 0 Å². The minimum absolute atomic E-state index is 0.0483. The highest BCUT2D eigenvalue weighted by Crippen LogP contribution is 2.22. The van der Waals surface area contributed by atoms with Crippen LogP contribution >= 0.6 is 0 Å². The molecule has 132 valence electrons. The van der Waals surface area contributed by atoms with Crippen molar-refractivity contribution in [3.8, 4) is 0 Å². The molecule has 0 spiro atoms. The molecular weight excluding hydrogens is 302 g/mol. The number of aryl methyl sites for hydroxylation is 2. The first-order chi connectivity index (χ1) is 11.6. The van der Waals surface area contributed by atoms with E-state index in [1.54, 1.807) is 0 Å². The SMILES string of the molecule is CC(CCO)CCNC(=O)CCC(=O)c1ccc2c(c1)CCCC2. The number of ketones is 1. The first-order valence-corrected chi connectivity index (χ1v) is 9.12. The van der Waals surface area contributed by atoms with Crippen LogP contribution in [0.3, 0.4) is 0 Å². The molecule has 0 aliphatic heterocycles. The van der Waals surface area contributed by atoms with Gasteiger partial charge in [-0.1, -0.05) is 19.1 Å². The van der Waals surface area contributed by atoms with Crippen molar-refractivity contribution in [2.24, 2.45) is 5.92 Å². The van der Waals surface area contributed by atoms with Gasteiger partial charge in [-0.2, -0.15) is 0 Å². The first-order valence-electron chi connectivity index (χ1n) is 9.12. The Balaban J connectivity index is 1.73. The lowest BCUT2D eigenvalue weighted by molar-refractivity contribution is -0.121. The molecule has 1 aromatic rings. The Hall–Kier alpha value is -1.68. The van der Waals surface area contributed by atoms with Crippen LogP contribution in [-0.4, -0.2) is 29.9 Å². The highest BCUT2D eigenvalue weighted by Gasteiger charge is 2.14. The number of fused-ring (bicyclic) bond motifs is 1. The summed E-state index contributed by atoms with van der Waals surface area (Å²) in [4.78, 5) is 24.1. The molecule has 2 rings (SSSR count). The number of hydrogen-bond acceptors (Lipinski definition) is 3. The zero-order valence-corrected chi connectivity index (χ0v) is 14.6. The second kappa shape index (κ2) is 9.58. The molecule has 2 N–H and O–H groups in total. The zero-order valence-electron chi connectivity index (χ0n) is 14.6. The summed E-state index contributed by atoms with van der Waals surface area (Å²) in [5.41, 5.74) is 3.40. The molecule has 0 radical (unpaired) electrons. The summed E-state index contributed by atoms with van der Waals surface area (Å²) < 4.78 is 0. The van der Waals surface area contributed by atoms with Gasteiger partial charge in [-0.3, -0.25) is 9.59 Å². The Morgan fingerprint density at radius 1 is 1.12 bits per heavy atom. The lowest BCUT2D eigenvalue weighted by Gasteiger charge is -2.16. The molecule has 1 aliphatic rings. The second-order valence-electron chi connectivity index (χ2n) is 6.87. The van der Waals surface area contributed by atoms with Crippen LogP contribution < -0.4 is 5.32 Å². The van der Waals surface area contributed by atoms with E-state index in [9.17, 15) is 9.59 Å². The molecule has 0 fully saturated rings. The number of hydrogen-bond donors (Lipinski definition) is 2. The Labute approximate surface area is 144 Å². The molecule has 1 aromatic carbocycles. The van der Waals surface area contributed by atoms with Crippen LogP contribution in [0, 0.1) is 5.92 Å². The van der Waals surface area contributed by atoms with Gasteiger partial charge in [0.05, 0.1) is 0 Å². The maximum absolute atomic E-state index is 12.3. The summed E-state index contributed by atoms with van der Waals surface area (Å²) in [6.07, 6.45) is 6.71. The Morgan fingerprint density at radius 2 is 1.88 bits per heavy atom. The smallest absolute Gasteiger partial charge is 0.220 e. The molecule has 0 bridgehead atoms. The summed E-state index contributed by atoms with van der Waals surface area (Å²) in [5, 5.41) is 11.7. The fourth-order valence-electron chi connectivity index (χ4n) is 3.19. The van der Waals surface area contributed by atoms with Gasteiger partial charge in [0.15, 0.2) is 5.78 Å². The van der Waals surface area contributed by atoms with Gasteiger partial charge in [-0.25, -0.2) is 0 Å². The van der Waals surface area contributed by atoms with Crippen LogP contribution in [0.1, 0.15) is 66.9 Å². The predicted octanol–water partition coefficient (Wildman–Crippen LogP) is 3.05. The minimum atomic E-state index is -0.0718. The van der Waals surface area contributed by atoms with E-state index in [4.69, 9.17) is 5.11 Å². The number of aliphatic hydroxyl groups is 1. The number of carbonyl (C=O) groups excluding carboxylic acids is 2. The zero-order chi connectivity index (χ0) is 17.4. The lowest BCUT2D eigenvalue weighted by Crippen LogP contribution is -2.26. The average molecular weight is 331 g/mol. The molecule has 4 nitrogen and oxygen atoms in total. The van der Waals surface area contributed by atoms with Gasteiger partial charge in [0.25, 0.3) is 0 Å². The third-order valence-electron chi connectivity index (χ3n) is 4.83. The fraction of sp³-hybridized carbons (Fsp3) is 0.600. The highest BCUT2D eigenvalue weighted by molar-refractivity contribution is 5.98. The Morgan fingerprint density at radius 3 is 2.62 bits per heavy atom. The van der Waals surface area contributed by atoms with Gasteiger partial charge >= 0.3 is 0 Å². The van der Waals surface area contributed by atoms with Gasteiger partial charge < -0.3 is 10.4 Å². The Kier molecular flexibility index (Phi) is 7.44. The van der Waals surface area contributed by atoms with Gasteiger partial charge in [-0.05, 0) is 61.6 Å². The average Bonchev–Trinajstić information content (AvgIpc) is 2.59. The van der Waals surface area contributed by atoms with E-state index in [-0.39, 0.29) is 31.1 Å². The molecule has 1 aliphatic carbocycles. The van der Waals surface area contributed by atoms with E-state index in [0.717, 1.165) is 31.2 Å². The third-order valence-corrected chi connectivity index (χ3v) is 4.83. The number of Topliss-reactive ketones (excluding diaryl/α,β-unsaturated/α-hetero) is 1. The van der Waals surface area contributed by atoms with E-state index in [1.807, 2.05) is 12.1 Å².